The van der Waals surface area contributed by atoms with Gasteiger partial charge in [-0.25, -0.2) is 9.59 Å². The van der Waals surface area contributed by atoms with Gasteiger partial charge in [-0.3, -0.25) is 0 Å². The van der Waals surface area contributed by atoms with E-state index in [1.165, 1.54) is 6.08 Å². The van der Waals surface area contributed by atoms with E-state index >= 15 is 0 Å². The van der Waals surface area contributed by atoms with Crippen molar-refractivity contribution >= 4 is 30.7 Å². The topological polar surface area (TPSA) is 65.0 Å². The Bertz CT molecular complexity index is 1050. The van der Waals surface area contributed by atoms with Crippen LogP contribution < -0.4 is 10.4 Å². The summed E-state index contributed by atoms with van der Waals surface area (Å²) in [5.74, 6) is -0.557. The summed E-state index contributed by atoms with van der Waals surface area (Å²) < 4.78 is 12.2. The van der Waals surface area contributed by atoms with E-state index in [9.17, 15) is 9.59 Å². The number of nitrogens with zero attached hydrogens (tertiary/aromatic N) is 1. The number of esters is 1. The Morgan fingerprint density at radius 1 is 0.882 bits per heavy atom. The first kappa shape index (κ1) is 25.3. The lowest BCUT2D eigenvalue weighted by Gasteiger charge is -2.43. The number of benzene rings is 3. The molecule has 0 aliphatic rings. The minimum absolute atomic E-state index is 0.125. The molecule has 1 unspecified atom stereocenters. The normalized spacial score (nSPS) is 12.4. The summed E-state index contributed by atoms with van der Waals surface area (Å²) in [5.41, 5.74) is 0.869. The number of carbonyl (C=O) groups excluding carboxylic acids is 2. The molecule has 6 heteroatoms. The molecular weight excluding hydrogens is 442 g/mol. The molecule has 0 aliphatic heterocycles. The van der Waals surface area contributed by atoms with E-state index in [2.05, 4.69) is 50.0 Å². The first-order valence-corrected chi connectivity index (χ1v) is 13.3. The third-order valence-corrected chi connectivity index (χ3v) is 10.9. The SMILES string of the molecule is CC(C)(C)[Si](OCCC(N=C=O)C(=O)OCc1ccccc1)(c1ccccc1)c1ccccc1. The zero-order chi connectivity index (χ0) is 24.4. The molecule has 3 aromatic rings. The lowest BCUT2D eigenvalue weighted by atomic mass is 10.2. The molecule has 34 heavy (non-hydrogen) atoms. The third kappa shape index (κ3) is 5.97. The van der Waals surface area contributed by atoms with Gasteiger partial charge in [-0.2, -0.15) is 4.99 Å². The average Bonchev–Trinajstić information content (AvgIpc) is 2.85. The van der Waals surface area contributed by atoms with Crippen molar-refractivity contribution in [3.05, 3.63) is 96.6 Å². The van der Waals surface area contributed by atoms with Crippen molar-refractivity contribution in [2.75, 3.05) is 6.61 Å². The van der Waals surface area contributed by atoms with E-state index in [0.29, 0.717) is 0 Å². The molecule has 176 valence electrons. The second-order valence-corrected chi connectivity index (χ2v) is 13.4. The number of carbonyl (C=O) groups is 1. The summed E-state index contributed by atoms with van der Waals surface area (Å²) in [5, 5.41) is 2.11. The van der Waals surface area contributed by atoms with Gasteiger partial charge < -0.3 is 9.16 Å². The molecule has 0 heterocycles. The highest BCUT2D eigenvalue weighted by atomic mass is 28.4. The van der Waals surface area contributed by atoms with Gasteiger partial charge in [-0.1, -0.05) is 112 Å². The monoisotopic (exact) mass is 473 g/mol. The maximum absolute atomic E-state index is 12.7. The molecule has 0 radical (unpaired) electrons. The second-order valence-electron chi connectivity index (χ2n) is 9.13. The number of hydrogen-bond donors (Lipinski definition) is 0. The van der Waals surface area contributed by atoms with Gasteiger partial charge in [0.2, 0.25) is 6.08 Å². The van der Waals surface area contributed by atoms with Crippen LogP contribution in [-0.4, -0.2) is 33.0 Å². The molecule has 0 amide bonds. The van der Waals surface area contributed by atoms with E-state index in [1.54, 1.807) is 0 Å². The fourth-order valence-electron chi connectivity index (χ4n) is 4.21. The standard InChI is InChI=1S/C28H31NO4Si/c1-28(2,3)34(24-15-9-5-10-16-24,25-17-11-6-12-18-25)33-20-19-26(29-22-30)27(31)32-21-23-13-7-4-8-14-23/h4-18,26H,19-21H2,1-3H3. The van der Waals surface area contributed by atoms with E-state index in [4.69, 9.17) is 9.16 Å². The molecule has 0 aliphatic carbocycles. The molecular formula is C28H31NO4Si. The van der Waals surface area contributed by atoms with Gasteiger partial charge in [0.15, 0.2) is 6.04 Å². The van der Waals surface area contributed by atoms with Gasteiger partial charge in [0.1, 0.15) is 6.61 Å². The summed E-state index contributed by atoms with van der Waals surface area (Å²) in [6, 6.07) is 29.0. The van der Waals surface area contributed by atoms with Gasteiger partial charge >= 0.3 is 5.97 Å². The highest BCUT2D eigenvalue weighted by Crippen LogP contribution is 2.36. The van der Waals surface area contributed by atoms with Crippen molar-refractivity contribution in [3.63, 3.8) is 0 Å². The number of aliphatic imine (C=N–C) groups is 1. The van der Waals surface area contributed by atoms with E-state index in [-0.39, 0.29) is 24.7 Å². The number of isocyanates is 1. The van der Waals surface area contributed by atoms with Gasteiger partial charge in [-0.05, 0) is 21.0 Å². The van der Waals surface area contributed by atoms with Crippen LogP contribution in [-0.2, 0) is 25.4 Å². The number of ether oxygens (including phenoxy) is 1. The van der Waals surface area contributed by atoms with Gasteiger partial charge in [0.05, 0.1) is 0 Å². The average molecular weight is 474 g/mol. The van der Waals surface area contributed by atoms with Gasteiger partial charge in [0, 0.05) is 13.0 Å². The van der Waals surface area contributed by atoms with Crippen LogP contribution >= 0.6 is 0 Å². The first-order valence-electron chi connectivity index (χ1n) is 11.4. The second kappa shape index (κ2) is 11.7. The quantitative estimate of drug-likeness (QED) is 0.189. The molecule has 0 aromatic heterocycles. The summed E-state index contributed by atoms with van der Waals surface area (Å²) in [4.78, 5) is 27.4. The fourth-order valence-corrected chi connectivity index (χ4v) is 8.79. The molecule has 3 aromatic carbocycles. The Hall–Kier alpha value is -3.31. The summed E-state index contributed by atoms with van der Waals surface area (Å²) in [6.07, 6.45) is 1.75. The van der Waals surface area contributed by atoms with Crippen LogP contribution in [0.2, 0.25) is 5.04 Å². The van der Waals surface area contributed by atoms with Crippen LogP contribution in [0.3, 0.4) is 0 Å². The van der Waals surface area contributed by atoms with Crippen molar-refractivity contribution in [1.82, 2.24) is 0 Å². The molecule has 0 saturated carbocycles. The van der Waals surface area contributed by atoms with Gasteiger partial charge in [-0.15, -0.1) is 0 Å². The largest absolute Gasteiger partial charge is 0.459 e. The Morgan fingerprint density at radius 3 is 1.85 bits per heavy atom. The van der Waals surface area contributed by atoms with Crippen LogP contribution in [0.5, 0.6) is 0 Å². The zero-order valence-corrected chi connectivity index (χ0v) is 20.9. The van der Waals surface area contributed by atoms with Crippen molar-refractivity contribution < 1.29 is 18.8 Å². The molecule has 0 bridgehead atoms. The van der Waals surface area contributed by atoms with E-state index < -0.39 is 20.3 Å². The number of hydrogen-bond acceptors (Lipinski definition) is 5. The predicted molar refractivity (Wildman–Crippen MR) is 136 cm³/mol. The van der Waals surface area contributed by atoms with Crippen LogP contribution in [0.15, 0.2) is 96.0 Å². The molecule has 3 rings (SSSR count). The lowest BCUT2D eigenvalue weighted by molar-refractivity contribution is -0.146. The predicted octanol–water partition coefficient (Wildman–Crippen LogP) is 4.40. The fraction of sp³-hybridized carbons (Fsp3) is 0.286. The van der Waals surface area contributed by atoms with Crippen molar-refractivity contribution in [1.29, 1.82) is 0 Å². The van der Waals surface area contributed by atoms with Crippen molar-refractivity contribution in [3.8, 4) is 0 Å². The van der Waals surface area contributed by atoms with Crippen LogP contribution in [0, 0.1) is 0 Å². The first-order chi connectivity index (χ1) is 16.4. The van der Waals surface area contributed by atoms with Crippen LogP contribution in [0.4, 0.5) is 0 Å². The lowest BCUT2D eigenvalue weighted by Crippen LogP contribution is -2.66. The Balaban J connectivity index is 1.81. The number of rotatable bonds is 10. The van der Waals surface area contributed by atoms with Crippen molar-refractivity contribution in [2.45, 2.75) is 44.9 Å². The van der Waals surface area contributed by atoms with Gasteiger partial charge in [0.25, 0.3) is 8.32 Å². The molecule has 1 atom stereocenters. The summed E-state index contributed by atoms with van der Waals surface area (Å²) >= 11 is 0. The minimum Gasteiger partial charge on any atom is -0.459 e. The molecule has 0 N–H and O–H groups in total. The Morgan fingerprint density at radius 2 is 1.38 bits per heavy atom. The van der Waals surface area contributed by atoms with Crippen LogP contribution in [0.1, 0.15) is 32.8 Å². The molecule has 0 saturated heterocycles. The minimum atomic E-state index is -2.74. The third-order valence-electron chi connectivity index (χ3n) is 5.83. The maximum Gasteiger partial charge on any atom is 0.332 e. The zero-order valence-electron chi connectivity index (χ0n) is 19.9. The summed E-state index contributed by atoms with van der Waals surface area (Å²) in [6.45, 7) is 6.95. The molecule has 5 nitrogen and oxygen atoms in total. The van der Waals surface area contributed by atoms with E-state index in [1.807, 2.05) is 66.7 Å². The highest BCUT2D eigenvalue weighted by Gasteiger charge is 2.50. The molecule has 0 fully saturated rings. The highest BCUT2D eigenvalue weighted by molar-refractivity contribution is 6.99. The Kier molecular flexibility index (Phi) is 8.71. The van der Waals surface area contributed by atoms with Crippen LogP contribution in [0.25, 0.3) is 0 Å². The van der Waals surface area contributed by atoms with Crippen molar-refractivity contribution in [2.24, 2.45) is 4.99 Å². The molecule has 0 spiro atoms. The Labute approximate surface area is 202 Å². The smallest absolute Gasteiger partial charge is 0.332 e. The maximum atomic E-state index is 12.7. The van der Waals surface area contributed by atoms with E-state index in [0.717, 1.165) is 15.9 Å². The summed E-state index contributed by atoms with van der Waals surface area (Å²) in [7, 11) is -2.74.